The van der Waals surface area contributed by atoms with Crippen molar-refractivity contribution in [2.45, 2.75) is 5.41 Å². The standard InChI is InChI=1S/C53H33N5/c54-34-35-16-14-19-37(32-35)51-55-50(36-17-4-1-5-18-36)56-52(57-51)38-20-15-25-41(33-38)58-46-29-13-11-27-43(46)49-47(58)31-30-45-48(49)42-26-10-12-28-44(42)53(45,39-21-6-2-7-22-39)40-23-8-3-9-24-40/h1-33H. The monoisotopic (exact) mass is 739 g/mol. The topological polar surface area (TPSA) is 67.4 Å². The Morgan fingerprint density at radius 3 is 1.72 bits per heavy atom. The van der Waals surface area contributed by atoms with Gasteiger partial charge in [0.2, 0.25) is 0 Å². The average molecular weight is 740 g/mol. The molecule has 0 amide bonds. The van der Waals surface area contributed by atoms with Gasteiger partial charge in [-0.05, 0) is 69.8 Å². The van der Waals surface area contributed by atoms with Gasteiger partial charge in [-0.15, -0.1) is 0 Å². The molecule has 0 unspecified atom stereocenters. The molecule has 1 aliphatic carbocycles. The Hall–Kier alpha value is -7.94. The van der Waals surface area contributed by atoms with E-state index in [0.29, 0.717) is 23.0 Å². The van der Waals surface area contributed by atoms with E-state index in [2.05, 4.69) is 156 Å². The molecule has 0 aliphatic heterocycles. The first kappa shape index (κ1) is 33.4. The molecule has 1 aliphatic rings. The van der Waals surface area contributed by atoms with Crippen molar-refractivity contribution in [3.05, 3.63) is 228 Å². The lowest BCUT2D eigenvalue weighted by Gasteiger charge is -2.33. The number of hydrogen-bond acceptors (Lipinski definition) is 4. The smallest absolute Gasteiger partial charge is 0.164 e. The van der Waals surface area contributed by atoms with Crippen LogP contribution < -0.4 is 0 Å². The van der Waals surface area contributed by atoms with E-state index in [1.807, 2.05) is 48.5 Å². The fourth-order valence-electron chi connectivity index (χ4n) is 9.13. The Balaban J connectivity index is 1.15. The quantitative estimate of drug-likeness (QED) is 0.170. The number of hydrogen-bond donors (Lipinski definition) is 0. The number of fused-ring (bicyclic) bond motifs is 7. The molecule has 5 heteroatoms. The summed E-state index contributed by atoms with van der Waals surface area (Å²) in [6, 6.07) is 72.3. The van der Waals surface area contributed by atoms with Crippen LogP contribution in [0.4, 0.5) is 0 Å². The number of benzene rings is 8. The van der Waals surface area contributed by atoms with E-state index in [9.17, 15) is 5.26 Å². The maximum Gasteiger partial charge on any atom is 0.164 e. The largest absolute Gasteiger partial charge is 0.309 e. The predicted octanol–water partition coefficient (Wildman–Crippen LogP) is 12.2. The minimum atomic E-state index is -0.495. The number of nitrogens with zero attached hydrogens (tertiary/aromatic N) is 5. The van der Waals surface area contributed by atoms with Gasteiger partial charge in [-0.3, -0.25) is 0 Å². The molecule has 10 aromatic rings. The number of para-hydroxylation sites is 1. The van der Waals surface area contributed by atoms with Crippen molar-refractivity contribution in [3.63, 3.8) is 0 Å². The van der Waals surface area contributed by atoms with Crippen LogP contribution >= 0.6 is 0 Å². The summed E-state index contributed by atoms with van der Waals surface area (Å²) >= 11 is 0. The summed E-state index contributed by atoms with van der Waals surface area (Å²) in [7, 11) is 0. The molecule has 0 saturated carbocycles. The maximum atomic E-state index is 9.67. The first-order valence-corrected chi connectivity index (χ1v) is 19.4. The van der Waals surface area contributed by atoms with Crippen molar-refractivity contribution in [1.29, 1.82) is 5.26 Å². The second kappa shape index (κ2) is 13.4. The number of nitriles is 1. The minimum absolute atomic E-state index is 0.495. The zero-order chi connectivity index (χ0) is 38.6. The van der Waals surface area contributed by atoms with E-state index in [4.69, 9.17) is 15.0 Å². The van der Waals surface area contributed by atoms with Crippen LogP contribution in [0, 0.1) is 11.3 Å². The fourth-order valence-corrected chi connectivity index (χ4v) is 9.13. The van der Waals surface area contributed by atoms with Gasteiger partial charge < -0.3 is 4.57 Å². The Morgan fingerprint density at radius 1 is 0.448 bits per heavy atom. The fraction of sp³-hybridized carbons (Fsp3) is 0.0189. The zero-order valence-electron chi connectivity index (χ0n) is 31.3. The molecule has 58 heavy (non-hydrogen) atoms. The lowest BCUT2D eigenvalue weighted by molar-refractivity contribution is 0.769. The summed E-state index contributed by atoms with van der Waals surface area (Å²) in [5, 5.41) is 12.1. The van der Waals surface area contributed by atoms with Crippen LogP contribution in [0.3, 0.4) is 0 Å². The van der Waals surface area contributed by atoms with E-state index >= 15 is 0 Å². The molecule has 5 nitrogen and oxygen atoms in total. The third-order valence-electron chi connectivity index (χ3n) is 11.5. The summed E-state index contributed by atoms with van der Waals surface area (Å²) < 4.78 is 2.37. The lowest BCUT2D eigenvalue weighted by atomic mass is 9.67. The van der Waals surface area contributed by atoms with Gasteiger partial charge in [0.15, 0.2) is 17.5 Å². The molecule has 0 saturated heterocycles. The molecule has 270 valence electrons. The molecule has 0 atom stereocenters. The van der Waals surface area contributed by atoms with Gasteiger partial charge in [0, 0.05) is 33.2 Å². The van der Waals surface area contributed by atoms with Crippen molar-refractivity contribution in [2.24, 2.45) is 0 Å². The normalized spacial score (nSPS) is 12.6. The van der Waals surface area contributed by atoms with Crippen LogP contribution in [0.25, 0.3) is 72.8 Å². The van der Waals surface area contributed by atoms with Crippen LogP contribution in [-0.4, -0.2) is 19.5 Å². The van der Waals surface area contributed by atoms with Crippen LogP contribution in [0.5, 0.6) is 0 Å². The van der Waals surface area contributed by atoms with E-state index in [1.54, 1.807) is 6.07 Å². The van der Waals surface area contributed by atoms with E-state index in [0.717, 1.165) is 33.4 Å². The molecule has 2 aromatic heterocycles. The third-order valence-corrected chi connectivity index (χ3v) is 11.5. The number of rotatable bonds is 6. The first-order chi connectivity index (χ1) is 28.7. The second-order valence-electron chi connectivity index (χ2n) is 14.7. The molecule has 2 heterocycles. The van der Waals surface area contributed by atoms with Gasteiger partial charge in [-0.2, -0.15) is 5.26 Å². The SMILES string of the molecule is N#Cc1cccc(-c2nc(-c3ccccc3)nc(-c3cccc(-n4c5ccccc5c5c6c(ccc54)C(c4ccccc4)(c4ccccc4)c4ccccc4-6)c3)n2)c1. The second-order valence-corrected chi connectivity index (χ2v) is 14.7. The first-order valence-electron chi connectivity index (χ1n) is 19.4. The van der Waals surface area contributed by atoms with E-state index < -0.39 is 5.41 Å². The average Bonchev–Trinajstić information content (AvgIpc) is 3.81. The number of aromatic nitrogens is 4. The van der Waals surface area contributed by atoms with Crippen LogP contribution in [-0.2, 0) is 5.41 Å². The lowest BCUT2D eigenvalue weighted by Crippen LogP contribution is -2.28. The van der Waals surface area contributed by atoms with Gasteiger partial charge in [-0.1, -0.05) is 164 Å². The Labute approximate surface area is 335 Å². The minimum Gasteiger partial charge on any atom is -0.309 e. The van der Waals surface area contributed by atoms with Crippen LogP contribution in [0.1, 0.15) is 27.8 Å². The summed E-state index contributed by atoms with van der Waals surface area (Å²) in [4.78, 5) is 15.0. The van der Waals surface area contributed by atoms with Crippen molar-refractivity contribution < 1.29 is 0 Å². The Kier molecular flexibility index (Phi) is 7.70. The van der Waals surface area contributed by atoms with Crippen molar-refractivity contribution in [1.82, 2.24) is 19.5 Å². The van der Waals surface area contributed by atoms with E-state index in [1.165, 1.54) is 44.2 Å². The molecular formula is C53H33N5. The highest BCUT2D eigenvalue weighted by atomic mass is 15.0. The van der Waals surface area contributed by atoms with Crippen molar-refractivity contribution in [3.8, 4) is 57.0 Å². The van der Waals surface area contributed by atoms with Gasteiger partial charge in [0.1, 0.15) is 0 Å². The van der Waals surface area contributed by atoms with Gasteiger partial charge >= 0.3 is 0 Å². The van der Waals surface area contributed by atoms with Crippen LogP contribution in [0.2, 0.25) is 0 Å². The summed E-state index contributed by atoms with van der Waals surface area (Å²) in [6.45, 7) is 0. The van der Waals surface area contributed by atoms with Gasteiger partial charge in [0.05, 0.1) is 28.1 Å². The Bertz CT molecular complexity index is 3200. The summed E-state index contributed by atoms with van der Waals surface area (Å²) in [5.74, 6) is 1.64. The van der Waals surface area contributed by atoms with Gasteiger partial charge in [0.25, 0.3) is 0 Å². The van der Waals surface area contributed by atoms with Crippen LogP contribution in [0.15, 0.2) is 200 Å². The Morgan fingerprint density at radius 2 is 1.02 bits per heavy atom. The third kappa shape index (κ3) is 5.06. The molecule has 8 aromatic carbocycles. The van der Waals surface area contributed by atoms with Crippen molar-refractivity contribution >= 4 is 21.8 Å². The highest BCUT2D eigenvalue weighted by Gasteiger charge is 2.47. The molecule has 0 radical (unpaired) electrons. The summed E-state index contributed by atoms with van der Waals surface area (Å²) in [5.41, 5.74) is 13.4. The molecule has 0 spiro atoms. The molecule has 11 rings (SSSR count). The summed E-state index contributed by atoms with van der Waals surface area (Å²) in [6.07, 6.45) is 0. The molecular weight excluding hydrogens is 707 g/mol. The van der Waals surface area contributed by atoms with Crippen molar-refractivity contribution in [2.75, 3.05) is 0 Å². The highest BCUT2D eigenvalue weighted by molar-refractivity contribution is 6.18. The maximum absolute atomic E-state index is 9.67. The van der Waals surface area contributed by atoms with E-state index in [-0.39, 0.29) is 0 Å². The molecule has 0 fully saturated rings. The van der Waals surface area contributed by atoms with Gasteiger partial charge in [-0.25, -0.2) is 15.0 Å². The highest BCUT2D eigenvalue weighted by Crippen LogP contribution is 2.58. The predicted molar refractivity (Wildman–Crippen MR) is 232 cm³/mol. The zero-order valence-corrected chi connectivity index (χ0v) is 31.3. The molecule has 0 bridgehead atoms. The molecule has 0 N–H and O–H groups in total.